The summed E-state index contributed by atoms with van der Waals surface area (Å²) in [4.78, 5) is 14.4. The number of nitrogens with zero attached hydrogens (tertiary/aromatic N) is 1. The van der Waals surface area contributed by atoms with Gasteiger partial charge in [-0.1, -0.05) is 20.8 Å². The summed E-state index contributed by atoms with van der Waals surface area (Å²) in [7, 11) is 0. The largest absolute Gasteiger partial charge is 0.353 e. The molecular weight excluding hydrogens is 238 g/mol. The molecule has 1 unspecified atom stereocenters. The third kappa shape index (κ3) is 4.77. The second-order valence-corrected chi connectivity index (χ2v) is 6.99. The minimum absolute atomic E-state index is 0.00103. The van der Waals surface area contributed by atoms with Crippen LogP contribution in [0.3, 0.4) is 0 Å². The molecule has 0 radical (unpaired) electrons. The summed E-state index contributed by atoms with van der Waals surface area (Å²) in [5, 5.41) is 3.01. The minimum Gasteiger partial charge on any atom is -0.353 e. The van der Waals surface area contributed by atoms with E-state index in [0.29, 0.717) is 6.54 Å². The molecule has 1 saturated heterocycles. The van der Waals surface area contributed by atoms with E-state index >= 15 is 0 Å². The molecule has 0 saturated carbocycles. The number of carbonyl (C=O) groups is 1. The van der Waals surface area contributed by atoms with Gasteiger partial charge in [-0.3, -0.25) is 9.69 Å². The Bertz CT molecular complexity index is 302. The Morgan fingerprint density at radius 3 is 2.63 bits per heavy atom. The molecule has 0 aromatic carbocycles. The molecule has 19 heavy (non-hydrogen) atoms. The zero-order chi connectivity index (χ0) is 14.6. The van der Waals surface area contributed by atoms with E-state index < -0.39 is 6.04 Å². The van der Waals surface area contributed by atoms with Crippen molar-refractivity contribution >= 4 is 5.91 Å². The van der Waals surface area contributed by atoms with E-state index in [1.165, 1.54) is 12.8 Å². The highest BCUT2D eigenvalue weighted by Gasteiger charge is 2.31. The number of carbonyl (C=O) groups excluding carboxylic acids is 1. The highest BCUT2D eigenvalue weighted by molar-refractivity contribution is 5.81. The molecule has 1 amide bonds. The summed E-state index contributed by atoms with van der Waals surface area (Å²) in [6, 6.07) is -0.406. The third-order valence-corrected chi connectivity index (χ3v) is 4.23. The standard InChI is InChI=1S/C15H31N3O/c1-11(2)13(16)14(19)17-10-15(4,5)18-8-6-7-12(3)9-18/h11-13H,6-10,16H2,1-5H3,(H,17,19)/t12?,13-/m0/s1. The topological polar surface area (TPSA) is 58.4 Å². The number of piperidine rings is 1. The second kappa shape index (κ2) is 6.71. The SMILES string of the molecule is CC1CCCN(C(C)(C)CNC(=O)[C@@H](N)C(C)C)C1. The maximum atomic E-state index is 11.9. The van der Waals surface area contributed by atoms with Gasteiger partial charge in [-0.2, -0.15) is 0 Å². The molecule has 112 valence electrons. The first-order valence-electron chi connectivity index (χ1n) is 7.52. The normalized spacial score (nSPS) is 23.4. The molecule has 0 spiro atoms. The first kappa shape index (κ1) is 16.4. The van der Waals surface area contributed by atoms with Gasteiger partial charge in [0.25, 0.3) is 0 Å². The lowest BCUT2D eigenvalue weighted by molar-refractivity contribution is -0.123. The Kier molecular flexibility index (Phi) is 5.81. The van der Waals surface area contributed by atoms with E-state index in [0.717, 1.165) is 19.0 Å². The first-order valence-corrected chi connectivity index (χ1v) is 7.52. The molecule has 2 atom stereocenters. The smallest absolute Gasteiger partial charge is 0.237 e. The lowest BCUT2D eigenvalue weighted by Crippen LogP contribution is -2.56. The summed E-state index contributed by atoms with van der Waals surface area (Å²) in [5.41, 5.74) is 5.87. The Morgan fingerprint density at radius 2 is 2.11 bits per heavy atom. The zero-order valence-corrected chi connectivity index (χ0v) is 13.2. The predicted octanol–water partition coefficient (Wildman–Crippen LogP) is 1.60. The lowest BCUT2D eigenvalue weighted by atomic mass is 9.93. The van der Waals surface area contributed by atoms with E-state index in [-0.39, 0.29) is 17.4 Å². The van der Waals surface area contributed by atoms with Crippen molar-refractivity contribution in [3.63, 3.8) is 0 Å². The van der Waals surface area contributed by atoms with Crippen molar-refractivity contribution in [2.75, 3.05) is 19.6 Å². The van der Waals surface area contributed by atoms with Crippen LogP contribution < -0.4 is 11.1 Å². The van der Waals surface area contributed by atoms with Gasteiger partial charge in [0.1, 0.15) is 0 Å². The van der Waals surface area contributed by atoms with Crippen molar-refractivity contribution in [2.24, 2.45) is 17.6 Å². The third-order valence-electron chi connectivity index (χ3n) is 4.23. The van der Waals surface area contributed by atoms with Gasteiger partial charge < -0.3 is 11.1 Å². The minimum atomic E-state index is -0.406. The van der Waals surface area contributed by atoms with Crippen molar-refractivity contribution in [1.29, 1.82) is 0 Å². The van der Waals surface area contributed by atoms with Gasteiger partial charge in [0.2, 0.25) is 5.91 Å². The van der Waals surface area contributed by atoms with Crippen LogP contribution in [0.4, 0.5) is 0 Å². The maximum Gasteiger partial charge on any atom is 0.237 e. The van der Waals surface area contributed by atoms with Crippen molar-refractivity contribution in [3.8, 4) is 0 Å². The Hall–Kier alpha value is -0.610. The number of likely N-dealkylation sites (tertiary alicyclic amines) is 1. The molecule has 3 N–H and O–H groups in total. The van der Waals surface area contributed by atoms with Crippen LogP contribution in [0.2, 0.25) is 0 Å². The summed E-state index contributed by atoms with van der Waals surface area (Å²) in [6.07, 6.45) is 2.57. The number of hydrogen-bond donors (Lipinski definition) is 2. The molecule has 1 heterocycles. The van der Waals surface area contributed by atoms with E-state index in [1.807, 2.05) is 13.8 Å². The molecule has 0 bridgehead atoms. The summed E-state index contributed by atoms with van der Waals surface area (Å²) >= 11 is 0. The Morgan fingerprint density at radius 1 is 1.47 bits per heavy atom. The summed E-state index contributed by atoms with van der Waals surface area (Å²) < 4.78 is 0. The van der Waals surface area contributed by atoms with Gasteiger partial charge in [-0.05, 0) is 45.1 Å². The van der Waals surface area contributed by atoms with Crippen LogP contribution in [0.1, 0.15) is 47.5 Å². The average Bonchev–Trinajstić information content (AvgIpc) is 2.35. The van der Waals surface area contributed by atoms with Crippen molar-refractivity contribution < 1.29 is 4.79 Å². The average molecular weight is 269 g/mol. The van der Waals surface area contributed by atoms with Crippen LogP contribution >= 0.6 is 0 Å². The van der Waals surface area contributed by atoms with Crippen molar-refractivity contribution in [1.82, 2.24) is 10.2 Å². The summed E-state index contributed by atoms with van der Waals surface area (Å²) in [5.74, 6) is 0.896. The molecule has 1 aliphatic heterocycles. The lowest BCUT2D eigenvalue weighted by Gasteiger charge is -2.43. The fourth-order valence-corrected chi connectivity index (χ4v) is 2.58. The molecule has 4 nitrogen and oxygen atoms in total. The number of nitrogens with two attached hydrogens (primary N) is 1. The molecular formula is C15H31N3O. The van der Waals surface area contributed by atoms with Crippen LogP contribution in [-0.4, -0.2) is 42.0 Å². The van der Waals surface area contributed by atoms with Crippen molar-refractivity contribution in [2.45, 2.75) is 59.0 Å². The summed E-state index contributed by atoms with van der Waals surface area (Å²) in [6.45, 7) is 13.6. The van der Waals surface area contributed by atoms with E-state index in [2.05, 4.69) is 31.0 Å². The van der Waals surface area contributed by atoms with Gasteiger partial charge in [-0.25, -0.2) is 0 Å². The molecule has 4 heteroatoms. The first-order chi connectivity index (χ1) is 8.74. The highest BCUT2D eigenvalue weighted by Crippen LogP contribution is 2.23. The fourth-order valence-electron chi connectivity index (χ4n) is 2.58. The van der Waals surface area contributed by atoms with Gasteiger partial charge >= 0.3 is 0 Å². The molecule has 1 fully saturated rings. The zero-order valence-electron chi connectivity index (χ0n) is 13.2. The fraction of sp³-hybridized carbons (Fsp3) is 0.933. The quantitative estimate of drug-likeness (QED) is 0.797. The number of rotatable bonds is 5. The number of nitrogens with one attached hydrogen (secondary N) is 1. The predicted molar refractivity (Wildman–Crippen MR) is 79.9 cm³/mol. The van der Waals surface area contributed by atoms with E-state index in [1.54, 1.807) is 0 Å². The maximum absolute atomic E-state index is 11.9. The van der Waals surface area contributed by atoms with Crippen LogP contribution in [0.25, 0.3) is 0 Å². The van der Waals surface area contributed by atoms with E-state index in [4.69, 9.17) is 5.73 Å². The van der Waals surface area contributed by atoms with Crippen LogP contribution in [0, 0.1) is 11.8 Å². The van der Waals surface area contributed by atoms with Crippen LogP contribution in [0.5, 0.6) is 0 Å². The molecule has 1 rings (SSSR count). The number of hydrogen-bond acceptors (Lipinski definition) is 3. The monoisotopic (exact) mass is 269 g/mol. The van der Waals surface area contributed by atoms with Gasteiger partial charge in [0.05, 0.1) is 6.04 Å². The van der Waals surface area contributed by atoms with Gasteiger partial charge in [0, 0.05) is 18.6 Å². The van der Waals surface area contributed by atoms with Crippen LogP contribution in [-0.2, 0) is 4.79 Å². The van der Waals surface area contributed by atoms with E-state index in [9.17, 15) is 4.79 Å². The number of amides is 1. The molecule has 0 aromatic rings. The molecule has 0 aliphatic carbocycles. The van der Waals surface area contributed by atoms with Crippen molar-refractivity contribution in [3.05, 3.63) is 0 Å². The van der Waals surface area contributed by atoms with Gasteiger partial charge in [-0.15, -0.1) is 0 Å². The van der Waals surface area contributed by atoms with Gasteiger partial charge in [0.15, 0.2) is 0 Å². The highest BCUT2D eigenvalue weighted by atomic mass is 16.2. The molecule has 1 aliphatic rings. The Labute approximate surface area is 118 Å². The Balaban J connectivity index is 2.48. The van der Waals surface area contributed by atoms with Crippen LogP contribution in [0.15, 0.2) is 0 Å². The second-order valence-electron chi connectivity index (χ2n) is 6.99. The molecule has 0 aromatic heterocycles.